The van der Waals surface area contributed by atoms with E-state index in [-0.39, 0.29) is 5.41 Å². The maximum Gasteiger partial charge on any atom is 0.137 e. The summed E-state index contributed by atoms with van der Waals surface area (Å²) < 4.78 is 0. The Morgan fingerprint density at radius 3 is 2.62 bits per heavy atom. The van der Waals surface area contributed by atoms with Crippen molar-refractivity contribution in [2.75, 3.05) is 11.1 Å². The molecule has 0 radical (unpaired) electrons. The zero-order valence-corrected chi connectivity index (χ0v) is 15.2. The molecule has 1 saturated carbocycles. The fraction of sp³-hybridized carbons (Fsp3) is 0.750. The Morgan fingerprint density at radius 1 is 1.29 bits per heavy atom. The SMILES string of the molecule is CCSC1CCCC1Nc1nc(C(C)(C)C)nc(Cl)c1C. The second-order valence-corrected chi connectivity index (χ2v) is 8.61. The Labute approximate surface area is 137 Å². The fourth-order valence-electron chi connectivity index (χ4n) is 2.65. The number of anilines is 1. The first kappa shape index (κ1) is 16.9. The molecule has 118 valence electrons. The average Bonchev–Trinajstić information content (AvgIpc) is 2.81. The Bertz CT molecular complexity index is 499. The van der Waals surface area contributed by atoms with Crippen LogP contribution in [0.5, 0.6) is 0 Å². The van der Waals surface area contributed by atoms with E-state index < -0.39 is 0 Å². The number of halogens is 1. The molecule has 1 N–H and O–H groups in total. The summed E-state index contributed by atoms with van der Waals surface area (Å²) >= 11 is 8.36. The summed E-state index contributed by atoms with van der Waals surface area (Å²) in [6, 6.07) is 0.493. The summed E-state index contributed by atoms with van der Waals surface area (Å²) in [6.45, 7) is 10.6. The minimum atomic E-state index is -0.0962. The predicted molar refractivity (Wildman–Crippen MR) is 93.7 cm³/mol. The number of hydrogen-bond donors (Lipinski definition) is 1. The van der Waals surface area contributed by atoms with Crippen molar-refractivity contribution in [2.24, 2.45) is 0 Å². The molecule has 1 aliphatic carbocycles. The largest absolute Gasteiger partial charge is 0.366 e. The molecule has 5 heteroatoms. The Kier molecular flexibility index (Phi) is 5.42. The first-order chi connectivity index (χ1) is 9.82. The summed E-state index contributed by atoms with van der Waals surface area (Å²) in [4.78, 5) is 9.19. The van der Waals surface area contributed by atoms with E-state index in [4.69, 9.17) is 16.6 Å². The lowest BCUT2D eigenvalue weighted by molar-refractivity contribution is 0.544. The number of aromatic nitrogens is 2. The van der Waals surface area contributed by atoms with Gasteiger partial charge in [-0.1, -0.05) is 45.7 Å². The van der Waals surface area contributed by atoms with E-state index in [0.717, 1.165) is 17.2 Å². The molecule has 2 unspecified atom stereocenters. The van der Waals surface area contributed by atoms with Crippen LogP contribution < -0.4 is 5.32 Å². The van der Waals surface area contributed by atoms with Crippen molar-refractivity contribution in [1.82, 2.24) is 9.97 Å². The van der Waals surface area contributed by atoms with E-state index in [0.29, 0.717) is 16.4 Å². The number of thioether (sulfide) groups is 1. The number of hydrogen-bond acceptors (Lipinski definition) is 4. The lowest BCUT2D eigenvalue weighted by atomic mass is 9.95. The molecule has 1 aliphatic rings. The van der Waals surface area contributed by atoms with Gasteiger partial charge in [-0.05, 0) is 25.5 Å². The van der Waals surface area contributed by atoms with Crippen molar-refractivity contribution >= 4 is 29.2 Å². The lowest BCUT2D eigenvalue weighted by Gasteiger charge is -2.24. The van der Waals surface area contributed by atoms with Gasteiger partial charge in [-0.15, -0.1) is 0 Å². The molecule has 0 spiro atoms. The number of rotatable bonds is 4. The monoisotopic (exact) mass is 327 g/mol. The molecule has 1 fully saturated rings. The summed E-state index contributed by atoms with van der Waals surface area (Å²) in [5.41, 5.74) is 0.859. The summed E-state index contributed by atoms with van der Waals surface area (Å²) in [5.74, 6) is 2.88. The van der Waals surface area contributed by atoms with Crippen LogP contribution in [0.3, 0.4) is 0 Å². The predicted octanol–water partition coefficient (Wildman–Crippen LogP) is 4.82. The molecule has 2 rings (SSSR count). The minimum absolute atomic E-state index is 0.0962. The molecule has 0 aromatic carbocycles. The van der Waals surface area contributed by atoms with Gasteiger partial charge in [-0.2, -0.15) is 11.8 Å². The molecule has 1 aromatic heterocycles. The van der Waals surface area contributed by atoms with Crippen LogP contribution in [0.4, 0.5) is 5.82 Å². The van der Waals surface area contributed by atoms with Crippen LogP contribution in [0.2, 0.25) is 5.15 Å². The van der Waals surface area contributed by atoms with E-state index in [9.17, 15) is 0 Å². The molecular formula is C16H26ClN3S. The van der Waals surface area contributed by atoms with Crippen molar-refractivity contribution < 1.29 is 0 Å². The van der Waals surface area contributed by atoms with Gasteiger partial charge in [0.1, 0.15) is 16.8 Å². The van der Waals surface area contributed by atoms with Crippen molar-refractivity contribution in [3.63, 3.8) is 0 Å². The smallest absolute Gasteiger partial charge is 0.137 e. The minimum Gasteiger partial charge on any atom is -0.366 e. The van der Waals surface area contributed by atoms with Crippen molar-refractivity contribution in [3.8, 4) is 0 Å². The van der Waals surface area contributed by atoms with Gasteiger partial charge < -0.3 is 5.32 Å². The molecule has 3 nitrogen and oxygen atoms in total. The van der Waals surface area contributed by atoms with Gasteiger partial charge >= 0.3 is 0 Å². The highest BCUT2D eigenvalue weighted by Crippen LogP contribution is 2.33. The first-order valence-corrected chi connectivity index (χ1v) is 9.18. The van der Waals surface area contributed by atoms with Crippen LogP contribution in [0.1, 0.15) is 58.3 Å². The molecule has 2 atom stereocenters. The summed E-state index contributed by atoms with van der Waals surface area (Å²) in [6.07, 6.45) is 3.79. The Morgan fingerprint density at radius 2 is 2.00 bits per heavy atom. The van der Waals surface area contributed by atoms with E-state index in [1.807, 2.05) is 18.7 Å². The van der Waals surface area contributed by atoms with Crippen molar-refractivity contribution in [3.05, 3.63) is 16.5 Å². The standard InChI is InChI=1S/C16H26ClN3S/c1-6-21-12-9-7-8-11(12)18-14-10(2)13(17)19-15(20-14)16(3,4)5/h11-12H,6-9H2,1-5H3,(H,18,19,20). The lowest BCUT2D eigenvalue weighted by Crippen LogP contribution is -2.28. The molecule has 1 aromatic rings. The summed E-state index contributed by atoms with van der Waals surface area (Å²) in [5, 5.41) is 4.89. The van der Waals surface area contributed by atoms with E-state index >= 15 is 0 Å². The Hall–Kier alpha value is -0.480. The van der Waals surface area contributed by atoms with Gasteiger partial charge in [-0.3, -0.25) is 0 Å². The first-order valence-electron chi connectivity index (χ1n) is 7.75. The summed E-state index contributed by atoms with van der Waals surface area (Å²) in [7, 11) is 0. The van der Waals surface area contributed by atoms with E-state index in [1.165, 1.54) is 25.0 Å². The van der Waals surface area contributed by atoms with Crippen LogP contribution in [0, 0.1) is 6.92 Å². The maximum atomic E-state index is 6.31. The van der Waals surface area contributed by atoms with E-state index in [2.05, 4.69) is 38.0 Å². The molecule has 0 bridgehead atoms. The number of nitrogens with zero attached hydrogens (tertiary/aromatic N) is 2. The second kappa shape index (κ2) is 6.74. The van der Waals surface area contributed by atoms with Crippen LogP contribution in [0.25, 0.3) is 0 Å². The Balaban J connectivity index is 2.25. The van der Waals surface area contributed by atoms with Gasteiger partial charge in [0.25, 0.3) is 0 Å². The second-order valence-electron chi connectivity index (χ2n) is 6.74. The van der Waals surface area contributed by atoms with Gasteiger partial charge in [0.15, 0.2) is 0 Å². The average molecular weight is 328 g/mol. The van der Waals surface area contributed by atoms with Crippen LogP contribution in [-0.2, 0) is 5.41 Å². The molecule has 1 heterocycles. The third-order valence-electron chi connectivity index (χ3n) is 3.91. The third kappa shape index (κ3) is 4.04. The molecule has 0 amide bonds. The molecule has 21 heavy (non-hydrogen) atoms. The van der Waals surface area contributed by atoms with Crippen LogP contribution in [0.15, 0.2) is 0 Å². The highest BCUT2D eigenvalue weighted by Gasteiger charge is 2.29. The molecular weight excluding hydrogens is 302 g/mol. The molecule has 0 saturated heterocycles. The molecule has 0 aliphatic heterocycles. The van der Waals surface area contributed by atoms with Gasteiger partial charge in [-0.25, -0.2) is 9.97 Å². The van der Waals surface area contributed by atoms with Gasteiger partial charge in [0.2, 0.25) is 0 Å². The quantitative estimate of drug-likeness (QED) is 0.804. The highest BCUT2D eigenvalue weighted by molar-refractivity contribution is 7.99. The third-order valence-corrected chi connectivity index (χ3v) is 5.61. The van der Waals surface area contributed by atoms with Gasteiger partial charge in [0, 0.05) is 22.3 Å². The highest BCUT2D eigenvalue weighted by atomic mass is 35.5. The normalized spacial score (nSPS) is 22.6. The van der Waals surface area contributed by atoms with Gasteiger partial charge in [0.05, 0.1) is 0 Å². The maximum absolute atomic E-state index is 6.31. The topological polar surface area (TPSA) is 37.8 Å². The van der Waals surface area contributed by atoms with Crippen LogP contribution in [-0.4, -0.2) is 27.0 Å². The zero-order valence-electron chi connectivity index (χ0n) is 13.7. The zero-order chi connectivity index (χ0) is 15.6. The van der Waals surface area contributed by atoms with Crippen molar-refractivity contribution in [2.45, 2.75) is 70.6 Å². The van der Waals surface area contributed by atoms with Crippen LogP contribution >= 0.6 is 23.4 Å². The number of nitrogens with one attached hydrogen (secondary N) is 1. The van der Waals surface area contributed by atoms with Crippen molar-refractivity contribution in [1.29, 1.82) is 0 Å². The fourth-order valence-corrected chi connectivity index (χ4v) is 4.01. The van der Waals surface area contributed by atoms with E-state index in [1.54, 1.807) is 0 Å².